The summed E-state index contributed by atoms with van der Waals surface area (Å²) < 4.78 is 13.5. The highest BCUT2D eigenvalue weighted by Gasteiger charge is 2.36. The van der Waals surface area contributed by atoms with Crippen LogP contribution >= 0.6 is 0 Å². The van der Waals surface area contributed by atoms with Gasteiger partial charge in [-0.15, -0.1) is 0 Å². The van der Waals surface area contributed by atoms with Crippen molar-refractivity contribution in [2.75, 3.05) is 6.54 Å². The molecule has 17 heavy (non-hydrogen) atoms. The summed E-state index contributed by atoms with van der Waals surface area (Å²) in [5, 5.41) is 0. The van der Waals surface area contributed by atoms with Crippen molar-refractivity contribution in [2.45, 2.75) is 25.7 Å². The number of nitrogens with two attached hydrogens (primary N) is 1. The van der Waals surface area contributed by atoms with E-state index in [0.29, 0.717) is 12.1 Å². The number of hydrogen-bond donors (Lipinski definition) is 2. The fraction of sp³-hybridized carbons (Fsp3) is 0.462. The van der Waals surface area contributed by atoms with Gasteiger partial charge in [-0.1, -0.05) is 12.5 Å². The van der Waals surface area contributed by atoms with Crippen molar-refractivity contribution in [3.63, 3.8) is 0 Å². The van der Waals surface area contributed by atoms with E-state index in [1.165, 1.54) is 12.5 Å². The molecule has 1 fully saturated rings. The van der Waals surface area contributed by atoms with E-state index < -0.39 is 0 Å². The van der Waals surface area contributed by atoms with Crippen LogP contribution in [0.1, 0.15) is 25.1 Å². The van der Waals surface area contributed by atoms with Gasteiger partial charge in [-0.25, -0.2) is 9.37 Å². The second kappa shape index (κ2) is 3.81. The van der Waals surface area contributed by atoms with E-state index in [2.05, 4.69) is 9.97 Å². The smallest absolute Gasteiger partial charge is 0.151 e. The van der Waals surface area contributed by atoms with Gasteiger partial charge in [-0.3, -0.25) is 0 Å². The van der Waals surface area contributed by atoms with E-state index in [0.717, 1.165) is 30.6 Å². The van der Waals surface area contributed by atoms with Gasteiger partial charge in [0.25, 0.3) is 0 Å². The molecule has 3 N–H and O–H groups in total. The lowest BCUT2D eigenvalue weighted by molar-refractivity contribution is 0.142. The van der Waals surface area contributed by atoms with Crippen LogP contribution in [0.5, 0.6) is 0 Å². The van der Waals surface area contributed by atoms with E-state index in [1.54, 1.807) is 6.07 Å². The zero-order valence-electron chi connectivity index (χ0n) is 9.67. The Kier molecular flexibility index (Phi) is 2.40. The largest absolute Gasteiger partial charge is 0.342 e. The maximum atomic E-state index is 13.5. The first-order chi connectivity index (χ1) is 8.22. The number of halogens is 1. The third kappa shape index (κ3) is 1.72. The molecule has 0 saturated heterocycles. The average Bonchev–Trinajstić information content (AvgIpc) is 2.68. The molecule has 1 saturated carbocycles. The second-order valence-electron chi connectivity index (χ2n) is 5.05. The number of imidazole rings is 1. The summed E-state index contributed by atoms with van der Waals surface area (Å²) in [5.74, 6) is 0.593. The molecular formula is C13H16FN3. The van der Waals surface area contributed by atoms with Crippen molar-refractivity contribution >= 4 is 11.0 Å². The van der Waals surface area contributed by atoms with Gasteiger partial charge in [-0.05, 0) is 36.9 Å². The van der Waals surface area contributed by atoms with Gasteiger partial charge in [-0.2, -0.15) is 0 Å². The summed E-state index contributed by atoms with van der Waals surface area (Å²) in [5.41, 5.74) is 7.23. The lowest BCUT2D eigenvalue weighted by atomic mass is 9.66. The van der Waals surface area contributed by atoms with Crippen LogP contribution in [-0.2, 0) is 6.42 Å². The van der Waals surface area contributed by atoms with Crippen LogP contribution in [0.15, 0.2) is 18.2 Å². The number of para-hydroxylation sites is 1. The fourth-order valence-corrected chi connectivity index (χ4v) is 2.62. The molecule has 0 radical (unpaired) electrons. The Morgan fingerprint density at radius 1 is 1.41 bits per heavy atom. The summed E-state index contributed by atoms with van der Waals surface area (Å²) in [6.07, 6.45) is 4.38. The van der Waals surface area contributed by atoms with E-state index in [-0.39, 0.29) is 11.2 Å². The second-order valence-corrected chi connectivity index (χ2v) is 5.05. The summed E-state index contributed by atoms with van der Waals surface area (Å²) in [7, 11) is 0. The molecule has 3 nitrogen and oxygen atoms in total. The standard InChI is InChI=1S/C13H16FN3/c14-9-3-1-4-10-12(9)17-11(16-10)7-13(8-15)5-2-6-13/h1,3-4H,2,5-8,15H2,(H,16,17). The van der Waals surface area contributed by atoms with Gasteiger partial charge >= 0.3 is 0 Å². The molecule has 0 unspecified atom stereocenters. The number of aromatic amines is 1. The van der Waals surface area contributed by atoms with Crippen molar-refractivity contribution in [2.24, 2.45) is 11.1 Å². The van der Waals surface area contributed by atoms with Gasteiger partial charge < -0.3 is 10.7 Å². The molecule has 2 aromatic rings. The molecule has 1 aliphatic rings. The highest BCUT2D eigenvalue weighted by molar-refractivity contribution is 5.75. The van der Waals surface area contributed by atoms with Crippen LogP contribution < -0.4 is 5.73 Å². The van der Waals surface area contributed by atoms with Gasteiger partial charge in [0.2, 0.25) is 0 Å². The highest BCUT2D eigenvalue weighted by Crippen LogP contribution is 2.42. The minimum atomic E-state index is -0.264. The first kappa shape index (κ1) is 10.7. The lowest BCUT2D eigenvalue weighted by Crippen LogP contribution is -2.39. The molecule has 0 bridgehead atoms. The zero-order valence-corrected chi connectivity index (χ0v) is 9.67. The molecule has 1 heterocycles. The maximum absolute atomic E-state index is 13.5. The normalized spacial score (nSPS) is 18.2. The molecular weight excluding hydrogens is 217 g/mol. The fourth-order valence-electron chi connectivity index (χ4n) is 2.62. The summed E-state index contributed by atoms with van der Waals surface area (Å²) >= 11 is 0. The van der Waals surface area contributed by atoms with Crippen molar-refractivity contribution in [1.29, 1.82) is 0 Å². The average molecular weight is 233 g/mol. The number of nitrogens with one attached hydrogen (secondary N) is 1. The Hall–Kier alpha value is -1.42. The van der Waals surface area contributed by atoms with Crippen LogP contribution in [-0.4, -0.2) is 16.5 Å². The van der Waals surface area contributed by atoms with Crippen LogP contribution in [0.4, 0.5) is 4.39 Å². The first-order valence-corrected chi connectivity index (χ1v) is 6.06. The van der Waals surface area contributed by atoms with Crippen LogP contribution in [0.3, 0.4) is 0 Å². The molecule has 90 valence electrons. The number of aromatic nitrogens is 2. The quantitative estimate of drug-likeness (QED) is 0.855. The predicted molar refractivity (Wildman–Crippen MR) is 65.1 cm³/mol. The summed E-state index contributed by atoms with van der Waals surface area (Å²) in [4.78, 5) is 7.53. The SMILES string of the molecule is NCC1(Cc2nc3c(F)cccc3[nH]2)CCC1. The summed E-state index contributed by atoms with van der Waals surface area (Å²) in [6.45, 7) is 0.687. The van der Waals surface area contributed by atoms with E-state index in [4.69, 9.17) is 5.73 Å². The van der Waals surface area contributed by atoms with Gasteiger partial charge in [0.15, 0.2) is 5.82 Å². The number of nitrogens with zero attached hydrogens (tertiary/aromatic N) is 1. The number of benzene rings is 1. The molecule has 0 amide bonds. The van der Waals surface area contributed by atoms with Crippen molar-refractivity contribution < 1.29 is 4.39 Å². The third-order valence-corrected chi connectivity index (χ3v) is 3.90. The predicted octanol–water partition coefficient (Wildman–Crippen LogP) is 2.37. The Morgan fingerprint density at radius 3 is 2.82 bits per heavy atom. The highest BCUT2D eigenvalue weighted by atomic mass is 19.1. The molecule has 1 aromatic carbocycles. The molecule has 3 rings (SSSR count). The van der Waals surface area contributed by atoms with Crippen molar-refractivity contribution in [3.05, 3.63) is 29.8 Å². The van der Waals surface area contributed by atoms with Crippen molar-refractivity contribution in [1.82, 2.24) is 9.97 Å². The van der Waals surface area contributed by atoms with Gasteiger partial charge in [0.1, 0.15) is 11.3 Å². The van der Waals surface area contributed by atoms with Gasteiger partial charge in [0.05, 0.1) is 5.52 Å². The van der Waals surface area contributed by atoms with Gasteiger partial charge in [0, 0.05) is 6.42 Å². The Bertz CT molecular complexity index is 537. The molecule has 4 heteroatoms. The number of fused-ring (bicyclic) bond motifs is 1. The minimum Gasteiger partial charge on any atom is -0.342 e. The first-order valence-electron chi connectivity index (χ1n) is 6.06. The number of H-pyrrole nitrogens is 1. The van der Waals surface area contributed by atoms with Crippen molar-refractivity contribution in [3.8, 4) is 0 Å². The van der Waals surface area contributed by atoms with Crippen LogP contribution in [0.2, 0.25) is 0 Å². The number of hydrogen-bond acceptors (Lipinski definition) is 2. The van der Waals surface area contributed by atoms with Crippen LogP contribution in [0, 0.1) is 11.2 Å². The maximum Gasteiger partial charge on any atom is 0.151 e. The zero-order chi connectivity index (χ0) is 11.9. The molecule has 0 spiro atoms. The molecule has 1 aromatic heterocycles. The van der Waals surface area contributed by atoms with E-state index in [1.807, 2.05) is 6.07 Å². The summed E-state index contributed by atoms with van der Waals surface area (Å²) in [6, 6.07) is 4.99. The van der Waals surface area contributed by atoms with E-state index >= 15 is 0 Å². The Balaban J connectivity index is 1.93. The minimum absolute atomic E-state index is 0.199. The monoisotopic (exact) mass is 233 g/mol. The Labute approximate surface area is 99.2 Å². The molecule has 1 aliphatic carbocycles. The molecule has 0 atom stereocenters. The molecule has 0 aliphatic heterocycles. The van der Waals surface area contributed by atoms with E-state index in [9.17, 15) is 4.39 Å². The Morgan fingerprint density at radius 2 is 2.24 bits per heavy atom. The third-order valence-electron chi connectivity index (χ3n) is 3.90. The lowest BCUT2D eigenvalue weighted by Gasteiger charge is -2.40. The number of rotatable bonds is 3. The topological polar surface area (TPSA) is 54.7 Å². The van der Waals surface area contributed by atoms with Crippen LogP contribution in [0.25, 0.3) is 11.0 Å².